The molecule has 34 heavy (non-hydrogen) atoms. The minimum atomic E-state index is -0.598. The number of likely N-dealkylation sites (tertiary alicyclic amines) is 1. The average molecular weight is 470 g/mol. The van der Waals surface area contributed by atoms with Crippen molar-refractivity contribution >= 4 is 17.4 Å². The van der Waals surface area contributed by atoms with Crippen molar-refractivity contribution in [3.05, 3.63) is 56.7 Å². The van der Waals surface area contributed by atoms with Gasteiger partial charge in [-0.15, -0.1) is 0 Å². The number of aryl methyl sites for hydroxylation is 1. The zero-order valence-electron chi connectivity index (χ0n) is 20.6. The maximum atomic E-state index is 13.4. The molecule has 3 N–H and O–H groups in total. The van der Waals surface area contributed by atoms with Crippen LogP contribution in [0.1, 0.15) is 57.9 Å². The number of carbonyl (C=O) groups excluding carboxylic acids is 1. The van der Waals surface area contributed by atoms with Gasteiger partial charge >= 0.3 is 5.69 Å². The van der Waals surface area contributed by atoms with Gasteiger partial charge in [-0.2, -0.15) is 0 Å². The van der Waals surface area contributed by atoms with Crippen LogP contribution >= 0.6 is 0 Å². The molecule has 1 aromatic heterocycles. The van der Waals surface area contributed by atoms with Crippen molar-refractivity contribution in [3.8, 4) is 0 Å². The van der Waals surface area contributed by atoms with Crippen molar-refractivity contribution in [2.24, 2.45) is 5.92 Å². The molecule has 0 saturated carbocycles. The molecule has 186 valence electrons. The Bertz CT molecular complexity index is 1040. The van der Waals surface area contributed by atoms with Gasteiger partial charge in [0.05, 0.1) is 6.54 Å². The van der Waals surface area contributed by atoms with Crippen LogP contribution in [0.3, 0.4) is 0 Å². The fourth-order valence-corrected chi connectivity index (χ4v) is 4.69. The summed E-state index contributed by atoms with van der Waals surface area (Å²) < 4.78 is 1.35. The van der Waals surface area contributed by atoms with Crippen LogP contribution in [0.25, 0.3) is 0 Å². The molecule has 1 aliphatic heterocycles. The van der Waals surface area contributed by atoms with Crippen molar-refractivity contribution in [2.45, 2.75) is 65.3 Å². The summed E-state index contributed by atoms with van der Waals surface area (Å²) in [7, 11) is 0. The van der Waals surface area contributed by atoms with Crippen LogP contribution in [-0.2, 0) is 17.8 Å². The first kappa shape index (κ1) is 25.7. The van der Waals surface area contributed by atoms with Crippen LogP contribution in [0.15, 0.2) is 39.9 Å². The highest BCUT2D eigenvalue weighted by Crippen LogP contribution is 2.23. The molecule has 0 unspecified atom stereocenters. The number of hydrogen-bond donors (Lipinski definition) is 2. The summed E-state index contributed by atoms with van der Waals surface area (Å²) in [6.45, 7) is 6.75. The topological polar surface area (TPSA) is 104 Å². The van der Waals surface area contributed by atoms with E-state index in [1.54, 1.807) is 0 Å². The van der Waals surface area contributed by atoms with Gasteiger partial charge < -0.3 is 10.6 Å². The zero-order valence-corrected chi connectivity index (χ0v) is 20.6. The number of anilines is 2. The summed E-state index contributed by atoms with van der Waals surface area (Å²) >= 11 is 0. The number of carbonyl (C=O) groups is 1. The van der Waals surface area contributed by atoms with Crippen molar-refractivity contribution in [1.82, 2.24) is 14.5 Å². The average Bonchev–Trinajstić information content (AvgIpc) is 2.83. The standard InChI is InChI=1S/C26H39N5O3/c1-3-5-16-30(23-24(27)31(15-4-2)26(34)28-25(23)33)22(32)19-29-17-13-21(14-18-29)12-11-20-9-7-6-8-10-20/h6-10,21H,3-5,11-19,27H2,1-2H3,(H,28,33,34). The van der Waals surface area contributed by atoms with Crippen LogP contribution in [0.2, 0.25) is 0 Å². The van der Waals surface area contributed by atoms with Crippen molar-refractivity contribution in [1.29, 1.82) is 0 Å². The first-order valence-corrected chi connectivity index (χ1v) is 12.6. The van der Waals surface area contributed by atoms with Gasteiger partial charge in [0.2, 0.25) is 5.91 Å². The summed E-state index contributed by atoms with van der Waals surface area (Å²) in [6, 6.07) is 10.6. The minimum Gasteiger partial charge on any atom is -0.383 e. The lowest BCUT2D eigenvalue weighted by molar-refractivity contribution is -0.120. The van der Waals surface area contributed by atoms with Gasteiger partial charge in [-0.1, -0.05) is 50.6 Å². The molecule has 1 aromatic carbocycles. The number of H-pyrrole nitrogens is 1. The highest BCUT2D eigenvalue weighted by molar-refractivity contribution is 5.96. The quantitative estimate of drug-likeness (QED) is 0.526. The monoisotopic (exact) mass is 469 g/mol. The predicted octanol–water partition coefficient (Wildman–Crippen LogP) is 3.01. The van der Waals surface area contributed by atoms with E-state index in [9.17, 15) is 14.4 Å². The lowest BCUT2D eigenvalue weighted by Crippen LogP contribution is -2.47. The molecule has 1 amide bonds. The van der Waals surface area contributed by atoms with E-state index in [4.69, 9.17) is 5.73 Å². The molecule has 1 aliphatic rings. The number of nitrogens with zero attached hydrogens (tertiary/aromatic N) is 3. The Balaban J connectivity index is 1.65. The molecule has 2 aromatic rings. The Morgan fingerprint density at radius 1 is 1.12 bits per heavy atom. The number of amides is 1. The molecule has 2 heterocycles. The van der Waals surface area contributed by atoms with Crippen LogP contribution in [0, 0.1) is 5.92 Å². The first-order chi connectivity index (χ1) is 16.4. The summed E-state index contributed by atoms with van der Waals surface area (Å²) in [5.41, 5.74) is 6.59. The maximum absolute atomic E-state index is 13.4. The normalized spacial score (nSPS) is 14.9. The van der Waals surface area contributed by atoms with Crippen molar-refractivity contribution in [3.63, 3.8) is 0 Å². The molecule has 0 atom stereocenters. The highest BCUT2D eigenvalue weighted by Gasteiger charge is 2.27. The van der Waals surface area contributed by atoms with Gasteiger partial charge in [0.25, 0.3) is 5.56 Å². The number of aromatic nitrogens is 2. The molecule has 1 saturated heterocycles. The molecule has 0 aliphatic carbocycles. The Hall–Kier alpha value is -2.87. The van der Waals surface area contributed by atoms with E-state index in [0.29, 0.717) is 25.4 Å². The van der Waals surface area contributed by atoms with E-state index in [1.807, 2.05) is 19.9 Å². The molecular formula is C26H39N5O3. The Kier molecular flexibility index (Phi) is 9.51. The van der Waals surface area contributed by atoms with Gasteiger partial charge in [-0.25, -0.2) is 4.79 Å². The number of nitrogens with two attached hydrogens (primary N) is 1. The molecule has 0 bridgehead atoms. The molecule has 8 nitrogen and oxygen atoms in total. The van der Waals surface area contributed by atoms with Gasteiger partial charge in [0, 0.05) is 13.1 Å². The molecule has 1 fully saturated rings. The highest BCUT2D eigenvalue weighted by atomic mass is 16.2. The molecule has 0 radical (unpaired) electrons. The van der Waals surface area contributed by atoms with E-state index < -0.39 is 11.2 Å². The van der Waals surface area contributed by atoms with E-state index in [1.165, 1.54) is 21.5 Å². The number of nitrogens with one attached hydrogen (secondary N) is 1. The number of nitrogen functional groups attached to an aromatic ring is 1. The Labute approximate surface area is 201 Å². The summed E-state index contributed by atoms with van der Waals surface area (Å²) in [5, 5.41) is 0. The van der Waals surface area contributed by atoms with Gasteiger partial charge in [-0.05, 0) is 63.1 Å². The molecular weight excluding hydrogens is 430 g/mol. The van der Waals surface area contributed by atoms with Crippen LogP contribution in [-0.4, -0.2) is 46.5 Å². The van der Waals surface area contributed by atoms with Crippen LogP contribution in [0.5, 0.6) is 0 Å². The summed E-state index contributed by atoms with van der Waals surface area (Å²) in [5.74, 6) is 0.591. The fraction of sp³-hybridized carbons (Fsp3) is 0.577. The number of unbranched alkanes of at least 4 members (excludes halogenated alkanes) is 1. The van der Waals surface area contributed by atoms with E-state index in [-0.39, 0.29) is 24.0 Å². The largest absolute Gasteiger partial charge is 0.383 e. The van der Waals surface area contributed by atoms with Gasteiger partial charge in [-0.3, -0.25) is 24.0 Å². The minimum absolute atomic E-state index is 0.0691. The first-order valence-electron chi connectivity index (χ1n) is 12.6. The lowest BCUT2D eigenvalue weighted by atomic mass is 9.90. The second kappa shape index (κ2) is 12.6. The van der Waals surface area contributed by atoms with Crippen molar-refractivity contribution in [2.75, 3.05) is 36.8 Å². The van der Waals surface area contributed by atoms with Crippen molar-refractivity contribution < 1.29 is 4.79 Å². The third-order valence-electron chi connectivity index (χ3n) is 6.72. The fourth-order valence-electron chi connectivity index (χ4n) is 4.69. The van der Waals surface area contributed by atoms with E-state index >= 15 is 0 Å². The second-order valence-corrected chi connectivity index (χ2v) is 9.29. The van der Waals surface area contributed by atoms with Crippen LogP contribution < -0.4 is 21.9 Å². The third kappa shape index (κ3) is 6.59. The predicted molar refractivity (Wildman–Crippen MR) is 137 cm³/mol. The maximum Gasteiger partial charge on any atom is 0.330 e. The number of benzene rings is 1. The lowest BCUT2D eigenvalue weighted by Gasteiger charge is -2.33. The summed E-state index contributed by atoms with van der Waals surface area (Å²) in [6.07, 6.45) is 6.71. The van der Waals surface area contributed by atoms with E-state index in [2.05, 4.69) is 34.1 Å². The smallest absolute Gasteiger partial charge is 0.330 e. The Morgan fingerprint density at radius 3 is 2.47 bits per heavy atom. The number of hydrogen-bond acceptors (Lipinski definition) is 5. The molecule has 8 heteroatoms. The van der Waals surface area contributed by atoms with Gasteiger partial charge in [0.15, 0.2) is 5.69 Å². The van der Waals surface area contributed by atoms with Gasteiger partial charge in [0.1, 0.15) is 5.82 Å². The Morgan fingerprint density at radius 2 is 1.82 bits per heavy atom. The third-order valence-corrected chi connectivity index (χ3v) is 6.72. The number of piperidine rings is 1. The SMILES string of the molecule is CCCCN(C(=O)CN1CCC(CCc2ccccc2)CC1)c1c(N)n(CCC)c(=O)[nH]c1=O. The second-order valence-electron chi connectivity index (χ2n) is 9.29. The summed E-state index contributed by atoms with van der Waals surface area (Å²) in [4.78, 5) is 44.3. The zero-order chi connectivity index (χ0) is 24.5. The molecule has 0 spiro atoms. The van der Waals surface area contributed by atoms with E-state index in [0.717, 1.165) is 45.2 Å². The molecule has 3 rings (SSSR count). The number of rotatable bonds is 11. The van der Waals surface area contributed by atoms with Crippen LogP contribution in [0.4, 0.5) is 11.5 Å². The number of aromatic amines is 1.